The first-order valence-corrected chi connectivity index (χ1v) is 9.40. The van der Waals surface area contributed by atoms with Crippen LogP contribution in [0.15, 0.2) is 53.4 Å². The van der Waals surface area contributed by atoms with E-state index in [4.69, 9.17) is 4.74 Å². The fourth-order valence-corrected chi connectivity index (χ4v) is 3.31. The number of imide groups is 1. The first kappa shape index (κ1) is 20.3. The third kappa shape index (κ3) is 4.91. The number of carbonyl (C=O) groups is 4. The van der Waals surface area contributed by atoms with Crippen LogP contribution in [0.25, 0.3) is 6.08 Å². The molecule has 0 saturated carbocycles. The summed E-state index contributed by atoms with van der Waals surface area (Å²) in [7, 11) is 1.18. The summed E-state index contributed by atoms with van der Waals surface area (Å²) < 4.78 is 9.82. The first-order valence-electron chi connectivity index (χ1n) is 8.58. The maximum atomic E-state index is 12.3. The van der Waals surface area contributed by atoms with Crippen LogP contribution in [0.3, 0.4) is 0 Å². The van der Waals surface area contributed by atoms with E-state index in [1.165, 1.54) is 13.2 Å². The minimum absolute atomic E-state index is 0.198. The molecule has 2 aromatic carbocycles. The lowest BCUT2D eigenvalue weighted by molar-refractivity contribution is -0.143. The van der Waals surface area contributed by atoms with Gasteiger partial charge < -0.3 is 9.47 Å². The van der Waals surface area contributed by atoms with Crippen LogP contribution >= 0.6 is 11.8 Å². The van der Waals surface area contributed by atoms with E-state index in [0.717, 1.165) is 22.2 Å². The predicted molar refractivity (Wildman–Crippen MR) is 107 cm³/mol. The zero-order valence-corrected chi connectivity index (χ0v) is 16.5. The average Bonchev–Trinajstić information content (AvgIpc) is 2.97. The monoisotopic (exact) mass is 411 g/mol. The summed E-state index contributed by atoms with van der Waals surface area (Å²) >= 11 is 0.748. The topological polar surface area (TPSA) is 90.0 Å². The Morgan fingerprint density at radius 3 is 2.31 bits per heavy atom. The highest BCUT2D eigenvalue weighted by molar-refractivity contribution is 8.18. The fraction of sp³-hybridized carbons (Fsp3) is 0.143. The van der Waals surface area contributed by atoms with Gasteiger partial charge in [0.2, 0.25) is 0 Å². The van der Waals surface area contributed by atoms with Gasteiger partial charge in [-0.2, -0.15) is 0 Å². The van der Waals surface area contributed by atoms with Gasteiger partial charge in [-0.05, 0) is 54.6 Å². The number of methoxy groups -OCH3 is 1. The van der Waals surface area contributed by atoms with Crippen molar-refractivity contribution in [3.63, 3.8) is 0 Å². The molecule has 8 heteroatoms. The molecule has 1 fully saturated rings. The molecule has 0 unspecified atom stereocenters. The lowest BCUT2D eigenvalue weighted by Crippen LogP contribution is -2.34. The van der Waals surface area contributed by atoms with Crippen LogP contribution in [0.2, 0.25) is 0 Å². The van der Waals surface area contributed by atoms with Crippen molar-refractivity contribution < 1.29 is 28.7 Å². The average molecular weight is 411 g/mol. The number of aryl methyl sites for hydroxylation is 1. The maximum absolute atomic E-state index is 12.3. The third-order valence-electron chi connectivity index (χ3n) is 4.06. The quantitative estimate of drug-likeness (QED) is 0.423. The molecule has 1 aliphatic heterocycles. The highest BCUT2D eigenvalue weighted by Gasteiger charge is 2.36. The molecule has 1 heterocycles. The van der Waals surface area contributed by atoms with Crippen molar-refractivity contribution in [2.75, 3.05) is 13.7 Å². The number of nitrogens with zero attached hydrogens (tertiary/aromatic N) is 1. The summed E-state index contributed by atoms with van der Waals surface area (Å²) in [5.41, 5.74) is 2.13. The number of carbonyl (C=O) groups excluding carboxylic acids is 4. The van der Waals surface area contributed by atoms with Gasteiger partial charge in [0.25, 0.3) is 11.1 Å². The van der Waals surface area contributed by atoms with E-state index >= 15 is 0 Å². The van der Waals surface area contributed by atoms with Crippen LogP contribution < -0.4 is 4.74 Å². The molecule has 0 aliphatic carbocycles. The van der Waals surface area contributed by atoms with Gasteiger partial charge in [0.05, 0.1) is 17.6 Å². The van der Waals surface area contributed by atoms with Gasteiger partial charge in [0.15, 0.2) is 0 Å². The van der Waals surface area contributed by atoms with Gasteiger partial charge in [-0.1, -0.05) is 29.8 Å². The Labute approximate surface area is 171 Å². The minimum atomic E-state index is -0.673. The van der Waals surface area contributed by atoms with Gasteiger partial charge in [0.1, 0.15) is 12.3 Å². The lowest BCUT2D eigenvalue weighted by Gasteiger charge is -2.09. The van der Waals surface area contributed by atoms with E-state index in [1.807, 2.05) is 19.1 Å². The molecule has 2 aromatic rings. The van der Waals surface area contributed by atoms with Gasteiger partial charge >= 0.3 is 11.9 Å². The Morgan fingerprint density at radius 1 is 1.03 bits per heavy atom. The molecule has 0 atom stereocenters. The zero-order valence-electron chi connectivity index (χ0n) is 15.7. The first-order chi connectivity index (χ1) is 13.9. The van der Waals surface area contributed by atoms with Gasteiger partial charge in [-0.3, -0.25) is 19.3 Å². The van der Waals surface area contributed by atoms with Gasteiger partial charge in [0, 0.05) is 0 Å². The van der Waals surface area contributed by atoms with Gasteiger partial charge in [-0.15, -0.1) is 0 Å². The molecule has 0 spiro atoms. The number of amides is 2. The standard InChI is InChI=1S/C21H17NO6S/c1-13-3-7-15(8-4-13)20(25)28-16-9-5-14(6-10-16)11-17-19(24)22(21(26)29-17)12-18(23)27-2/h3-11H,12H2,1-2H3/b17-11-. The van der Waals surface area contributed by atoms with Crippen molar-refractivity contribution >= 4 is 40.9 Å². The summed E-state index contributed by atoms with van der Waals surface area (Å²) in [5, 5.41) is -0.532. The Balaban J connectivity index is 1.68. The van der Waals surface area contributed by atoms with E-state index in [1.54, 1.807) is 36.4 Å². The van der Waals surface area contributed by atoms with Crippen LogP contribution in [0.5, 0.6) is 5.75 Å². The van der Waals surface area contributed by atoms with Crippen molar-refractivity contribution in [1.82, 2.24) is 4.90 Å². The zero-order chi connectivity index (χ0) is 21.0. The molecule has 1 aliphatic rings. The summed E-state index contributed by atoms with van der Waals surface area (Å²) in [6.07, 6.45) is 1.54. The number of ether oxygens (including phenoxy) is 2. The molecule has 148 valence electrons. The Kier molecular flexibility index (Phi) is 6.13. The molecule has 7 nitrogen and oxygen atoms in total. The molecule has 2 amide bonds. The largest absolute Gasteiger partial charge is 0.468 e. The normalized spacial score (nSPS) is 15.0. The predicted octanol–water partition coefficient (Wildman–Crippen LogP) is 3.42. The molecule has 29 heavy (non-hydrogen) atoms. The Morgan fingerprint density at radius 2 is 1.69 bits per heavy atom. The van der Waals surface area contributed by atoms with Crippen LogP contribution in [-0.4, -0.2) is 41.6 Å². The Hall–Kier alpha value is -3.39. The van der Waals surface area contributed by atoms with Crippen LogP contribution in [0.4, 0.5) is 4.79 Å². The van der Waals surface area contributed by atoms with E-state index in [2.05, 4.69) is 4.74 Å². The number of thioether (sulfide) groups is 1. The minimum Gasteiger partial charge on any atom is -0.468 e. The van der Waals surface area contributed by atoms with E-state index in [9.17, 15) is 19.2 Å². The second-order valence-electron chi connectivity index (χ2n) is 6.17. The molecule has 0 bridgehead atoms. The summed E-state index contributed by atoms with van der Waals surface area (Å²) in [6, 6.07) is 13.5. The highest BCUT2D eigenvalue weighted by Crippen LogP contribution is 2.32. The van der Waals surface area contributed by atoms with Crippen LogP contribution in [0, 0.1) is 6.92 Å². The number of hydrogen-bond donors (Lipinski definition) is 0. The van der Waals surface area contributed by atoms with Crippen molar-refractivity contribution in [3.05, 3.63) is 70.1 Å². The van der Waals surface area contributed by atoms with Crippen molar-refractivity contribution in [2.45, 2.75) is 6.92 Å². The fourth-order valence-electron chi connectivity index (χ4n) is 2.47. The van der Waals surface area contributed by atoms with Crippen molar-refractivity contribution in [1.29, 1.82) is 0 Å². The molecule has 0 radical (unpaired) electrons. The summed E-state index contributed by atoms with van der Waals surface area (Å²) in [4.78, 5) is 48.7. The van der Waals surface area contributed by atoms with E-state index < -0.39 is 29.6 Å². The molecule has 0 aromatic heterocycles. The van der Waals surface area contributed by atoms with E-state index in [0.29, 0.717) is 16.9 Å². The smallest absolute Gasteiger partial charge is 0.343 e. The molecular formula is C21H17NO6S. The molecule has 3 rings (SSSR count). The number of hydrogen-bond acceptors (Lipinski definition) is 7. The molecular weight excluding hydrogens is 394 g/mol. The van der Waals surface area contributed by atoms with Crippen LogP contribution in [-0.2, 0) is 14.3 Å². The number of benzene rings is 2. The maximum Gasteiger partial charge on any atom is 0.343 e. The van der Waals surface area contributed by atoms with Crippen molar-refractivity contribution in [3.8, 4) is 5.75 Å². The number of esters is 2. The summed E-state index contributed by atoms with van der Waals surface area (Å²) in [5.74, 6) is -1.35. The molecule has 1 saturated heterocycles. The van der Waals surface area contributed by atoms with Crippen molar-refractivity contribution in [2.24, 2.45) is 0 Å². The lowest BCUT2D eigenvalue weighted by atomic mass is 10.1. The number of rotatable bonds is 5. The SMILES string of the molecule is COC(=O)CN1C(=O)S/C(=C\c2ccc(OC(=O)c3ccc(C)cc3)cc2)C1=O. The second-order valence-corrected chi connectivity index (χ2v) is 7.16. The molecule has 0 N–H and O–H groups in total. The third-order valence-corrected chi connectivity index (χ3v) is 4.97. The Bertz CT molecular complexity index is 995. The van der Waals surface area contributed by atoms with Gasteiger partial charge in [-0.25, -0.2) is 4.79 Å². The van der Waals surface area contributed by atoms with E-state index in [-0.39, 0.29) is 4.91 Å². The second kappa shape index (κ2) is 8.74. The highest BCUT2D eigenvalue weighted by atomic mass is 32.2. The van der Waals surface area contributed by atoms with Crippen LogP contribution in [0.1, 0.15) is 21.5 Å². The summed E-state index contributed by atoms with van der Waals surface area (Å²) in [6.45, 7) is 1.50.